The van der Waals surface area contributed by atoms with Crippen LogP contribution in [0.1, 0.15) is 0 Å². The first-order chi connectivity index (χ1) is 22.7. The van der Waals surface area contributed by atoms with E-state index in [4.69, 9.17) is 0 Å². The van der Waals surface area contributed by atoms with Gasteiger partial charge in [0.1, 0.15) is 0 Å². The lowest BCUT2D eigenvalue weighted by Crippen LogP contribution is -2.13. The fourth-order valence-corrected chi connectivity index (χ4v) is 6.96. The monoisotopic (exact) mass is 588 g/mol. The maximum atomic E-state index is 13.9. The third-order valence-corrected chi connectivity index (χ3v) is 9.15. The van der Waals surface area contributed by atoms with Crippen LogP contribution in [0.5, 0.6) is 0 Å². The zero-order valence-corrected chi connectivity index (χ0v) is 25.0. The second-order valence-corrected chi connectivity index (χ2v) is 11.8. The highest BCUT2D eigenvalue weighted by Crippen LogP contribution is 2.41. The van der Waals surface area contributed by atoms with E-state index in [0.717, 1.165) is 55.0 Å². The molecule has 0 N–H and O–H groups in total. The zero-order chi connectivity index (χ0) is 30.6. The molecule has 0 bridgehead atoms. The molecule has 216 valence electrons. The average Bonchev–Trinajstić information content (AvgIpc) is 3.47. The number of pyridine rings is 1. The van der Waals surface area contributed by atoms with Crippen LogP contribution >= 0.6 is 0 Å². The molecule has 0 aliphatic rings. The van der Waals surface area contributed by atoms with Gasteiger partial charge in [0, 0.05) is 38.6 Å². The van der Waals surface area contributed by atoms with E-state index in [1.54, 1.807) is 0 Å². The third-order valence-electron chi connectivity index (χ3n) is 9.15. The minimum absolute atomic E-state index is 0.0203. The number of para-hydroxylation sites is 1. The Balaban J connectivity index is 1.25. The van der Waals surface area contributed by atoms with Crippen molar-refractivity contribution in [1.29, 1.82) is 0 Å². The summed E-state index contributed by atoms with van der Waals surface area (Å²) in [6.45, 7) is 0. The second-order valence-electron chi connectivity index (χ2n) is 11.8. The number of anilines is 3. The van der Waals surface area contributed by atoms with Gasteiger partial charge in [0.25, 0.3) is 5.56 Å². The molecule has 7 aromatic carbocycles. The fourth-order valence-electron chi connectivity index (χ4n) is 6.96. The molecule has 3 heteroatoms. The van der Waals surface area contributed by atoms with E-state index in [2.05, 4.69) is 144 Å². The summed E-state index contributed by atoms with van der Waals surface area (Å²) in [6.07, 6.45) is 0. The van der Waals surface area contributed by atoms with Gasteiger partial charge >= 0.3 is 0 Å². The highest BCUT2D eigenvalue weighted by molar-refractivity contribution is 6.20. The molecule has 46 heavy (non-hydrogen) atoms. The number of hydrogen-bond acceptors (Lipinski definition) is 2. The summed E-state index contributed by atoms with van der Waals surface area (Å²) in [5.74, 6) is 0. The van der Waals surface area contributed by atoms with Crippen molar-refractivity contribution in [3.8, 4) is 22.3 Å². The highest BCUT2D eigenvalue weighted by atomic mass is 16.1. The van der Waals surface area contributed by atoms with Crippen molar-refractivity contribution >= 4 is 55.0 Å². The number of hydrogen-bond donors (Lipinski definition) is 0. The summed E-state index contributed by atoms with van der Waals surface area (Å²) < 4.78 is 1.90. The van der Waals surface area contributed by atoms with E-state index in [0.29, 0.717) is 0 Å². The van der Waals surface area contributed by atoms with Crippen LogP contribution in [0, 0.1) is 0 Å². The van der Waals surface area contributed by atoms with Crippen LogP contribution in [-0.2, 0) is 0 Å². The molecule has 0 radical (unpaired) electrons. The predicted molar refractivity (Wildman–Crippen MR) is 193 cm³/mol. The highest BCUT2D eigenvalue weighted by Gasteiger charge is 2.19. The molecule has 2 heterocycles. The predicted octanol–water partition coefficient (Wildman–Crippen LogP) is 11.0. The van der Waals surface area contributed by atoms with Gasteiger partial charge in [-0.05, 0) is 76.2 Å². The first-order valence-corrected chi connectivity index (χ1v) is 15.6. The molecule has 0 unspecified atom stereocenters. The van der Waals surface area contributed by atoms with Crippen molar-refractivity contribution < 1.29 is 0 Å². The Hall–Kier alpha value is -6.19. The molecule has 9 rings (SSSR count). The largest absolute Gasteiger partial charge is 0.310 e. The number of rotatable bonds is 5. The minimum Gasteiger partial charge on any atom is -0.310 e. The van der Waals surface area contributed by atoms with E-state index >= 15 is 0 Å². The van der Waals surface area contributed by atoms with Gasteiger partial charge in [-0.3, -0.25) is 9.20 Å². The lowest BCUT2D eigenvalue weighted by molar-refractivity contribution is 1.21. The molecule has 0 aliphatic carbocycles. The van der Waals surface area contributed by atoms with Crippen molar-refractivity contribution in [3.05, 3.63) is 180 Å². The molecule has 9 aromatic rings. The number of nitrogens with zero attached hydrogens (tertiary/aromatic N) is 2. The summed E-state index contributed by atoms with van der Waals surface area (Å²) in [5, 5.41) is 4.96. The van der Waals surface area contributed by atoms with Gasteiger partial charge in [-0.1, -0.05) is 121 Å². The Morgan fingerprint density at radius 2 is 0.826 bits per heavy atom. The van der Waals surface area contributed by atoms with Crippen molar-refractivity contribution in [2.75, 3.05) is 4.90 Å². The molecule has 2 aromatic heterocycles. The topological polar surface area (TPSA) is 24.7 Å². The Morgan fingerprint density at radius 1 is 0.370 bits per heavy atom. The number of benzene rings is 7. The van der Waals surface area contributed by atoms with Crippen molar-refractivity contribution in [2.45, 2.75) is 0 Å². The van der Waals surface area contributed by atoms with Crippen LogP contribution in [0.25, 0.3) is 60.2 Å². The molecular formula is C43H28N2O. The summed E-state index contributed by atoms with van der Waals surface area (Å²) in [4.78, 5) is 16.2. The molecule has 3 nitrogen and oxygen atoms in total. The van der Waals surface area contributed by atoms with E-state index in [9.17, 15) is 4.79 Å². The fraction of sp³-hybridized carbons (Fsp3) is 0. The molecule has 0 saturated carbocycles. The summed E-state index contributed by atoms with van der Waals surface area (Å²) >= 11 is 0. The molecule has 0 atom stereocenters. The maximum Gasteiger partial charge on any atom is 0.263 e. The lowest BCUT2D eigenvalue weighted by Gasteiger charge is -2.26. The lowest BCUT2D eigenvalue weighted by atomic mass is 10.0. The Morgan fingerprint density at radius 3 is 1.41 bits per heavy atom. The van der Waals surface area contributed by atoms with Crippen LogP contribution in [-0.4, -0.2) is 4.40 Å². The minimum atomic E-state index is 0.0203. The van der Waals surface area contributed by atoms with Crippen LogP contribution < -0.4 is 10.5 Å². The van der Waals surface area contributed by atoms with Gasteiger partial charge in [0.15, 0.2) is 0 Å². The zero-order valence-electron chi connectivity index (χ0n) is 25.0. The summed E-state index contributed by atoms with van der Waals surface area (Å²) in [6, 6.07) is 59.2. The quantitative estimate of drug-likeness (QED) is 0.187. The molecule has 0 spiro atoms. The van der Waals surface area contributed by atoms with Gasteiger partial charge in [-0.2, -0.15) is 0 Å². The third kappa shape index (κ3) is 4.10. The van der Waals surface area contributed by atoms with Crippen molar-refractivity contribution in [1.82, 2.24) is 4.40 Å². The second kappa shape index (κ2) is 10.5. The van der Waals surface area contributed by atoms with Gasteiger partial charge in [0.2, 0.25) is 0 Å². The molecule has 0 amide bonds. The Labute approximate surface area is 266 Å². The van der Waals surface area contributed by atoms with Crippen LogP contribution in [0.4, 0.5) is 17.1 Å². The van der Waals surface area contributed by atoms with Crippen LogP contribution in [0.3, 0.4) is 0 Å². The molecule has 0 aliphatic heterocycles. The van der Waals surface area contributed by atoms with E-state index in [1.807, 2.05) is 34.7 Å². The number of fused-ring (bicyclic) bond motifs is 5. The first-order valence-electron chi connectivity index (χ1n) is 15.6. The Kier molecular flexibility index (Phi) is 5.97. The standard InChI is InChI=1S/C43H28N2O/c46-43-39-15-8-7-14-36(39)37-16-9-17-38-40-28-35(26-27-41(40)45(43)42(37)38)44(33-22-18-31(19-23-33)29-10-3-1-4-11-29)34-24-20-32(21-25-34)30-12-5-2-6-13-30/h1-28H. The van der Waals surface area contributed by atoms with Crippen molar-refractivity contribution in [2.24, 2.45) is 0 Å². The molecule has 0 saturated heterocycles. The smallest absolute Gasteiger partial charge is 0.263 e. The van der Waals surface area contributed by atoms with E-state index < -0.39 is 0 Å². The first kappa shape index (κ1) is 26.2. The summed E-state index contributed by atoms with van der Waals surface area (Å²) in [7, 11) is 0. The normalized spacial score (nSPS) is 11.6. The van der Waals surface area contributed by atoms with Crippen LogP contribution in [0.2, 0.25) is 0 Å². The van der Waals surface area contributed by atoms with Gasteiger partial charge in [-0.25, -0.2) is 0 Å². The maximum absolute atomic E-state index is 13.9. The van der Waals surface area contributed by atoms with E-state index in [1.165, 1.54) is 22.3 Å². The average molecular weight is 589 g/mol. The molecule has 0 fully saturated rings. The SMILES string of the molecule is O=c1c2ccccc2c2cccc3c4cc(N(c5ccc(-c6ccccc6)cc5)c5ccc(-c6ccccc6)cc5)ccc4n1c23. The molecular weight excluding hydrogens is 560 g/mol. The van der Waals surface area contributed by atoms with Crippen molar-refractivity contribution in [3.63, 3.8) is 0 Å². The Bertz CT molecular complexity index is 2490. The van der Waals surface area contributed by atoms with Gasteiger partial charge < -0.3 is 4.90 Å². The van der Waals surface area contributed by atoms with Gasteiger partial charge in [0.05, 0.1) is 11.0 Å². The van der Waals surface area contributed by atoms with Gasteiger partial charge in [-0.15, -0.1) is 0 Å². The number of aromatic nitrogens is 1. The van der Waals surface area contributed by atoms with E-state index in [-0.39, 0.29) is 5.56 Å². The summed E-state index contributed by atoms with van der Waals surface area (Å²) in [5.41, 5.74) is 9.79. The van der Waals surface area contributed by atoms with Crippen LogP contribution in [0.15, 0.2) is 175 Å².